The van der Waals surface area contributed by atoms with Crippen LogP contribution in [-0.2, 0) is 19.3 Å². The minimum atomic E-state index is 0.732. The Morgan fingerprint density at radius 1 is 1.35 bits per heavy atom. The van der Waals surface area contributed by atoms with Crippen LogP contribution in [0, 0.1) is 5.92 Å². The quantitative estimate of drug-likeness (QED) is 0.681. The van der Waals surface area contributed by atoms with Gasteiger partial charge in [0, 0.05) is 22.5 Å². The summed E-state index contributed by atoms with van der Waals surface area (Å²) in [7, 11) is 0. The molecule has 2 heterocycles. The van der Waals surface area contributed by atoms with Crippen LogP contribution in [0.1, 0.15) is 37.2 Å². The maximum absolute atomic E-state index is 6.19. The summed E-state index contributed by atoms with van der Waals surface area (Å²) in [5.41, 5.74) is 6.94. The van der Waals surface area contributed by atoms with Crippen molar-refractivity contribution in [3.63, 3.8) is 0 Å². The molecular weight excluding hydrogens is 306 g/mol. The Balaban J connectivity index is 1.98. The third-order valence-corrected chi connectivity index (χ3v) is 5.03. The van der Waals surface area contributed by atoms with Gasteiger partial charge in [-0.15, -0.1) is 0 Å². The molecule has 3 nitrogen and oxygen atoms in total. The molecule has 3 aromatic rings. The molecule has 0 aliphatic heterocycles. The Bertz CT molecular complexity index is 882. The van der Waals surface area contributed by atoms with Gasteiger partial charge in [-0.3, -0.25) is 0 Å². The lowest BCUT2D eigenvalue weighted by atomic mass is 9.89. The van der Waals surface area contributed by atoms with Gasteiger partial charge in [0.15, 0.2) is 5.65 Å². The first kappa shape index (κ1) is 14.7. The summed E-state index contributed by atoms with van der Waals surface area (Å²) < 4.78 is 2.08. The van der Waals surface area contributed by atoms with Gasteiger partial charge in [0.05, 0.1) is 5.69 Å². The molecule has 0 saturated carbocycles. The molecule has 0 N–H and O–H groups in total. The van der Waals surface area contributed by atoms with E-state index in [1.165, 1.54) is 17.7 Å². The molecular formula is C19H20ClN3. The van der Waals surface area contributed by atoms with Gasteiger partial charge in [0.1, 0.15) is 0 Å². The van der Waals surface area contributed by atoms with E-state index in [-0.39, 0.29) is 0 Å². The van der Waals surface area contributed by atoms with Crippen molar-refractivity contribution in [1.29, 1.82) is 0 Å². The van der Waals surface area contributed by atoms with Crippen LogP contribution in [0.4, 0.5) is 0 Å². The largest absolute Gasteiger partial charge is 0.236 e. The SMILES string of the molecule is CCc1nn2c3c(cnc2c1-c1cccc(Cl)c1)CC(C)CC3. The molecule has 2 aromatic heterocycles. The summed E-state index contributed by atoms with van der Waals surface area (Å²) >= 11 is 6.19. The van der Waals surface area contributed by atoms with Gasteiger partial charge < -0.3 is 0 Å². The number of aromatic nitrogens is 3. The summed E-state index contributed by atoms with van der Waals surface area (Å²) in [4.78, 5) is 4.76. The molecule has 118 valence electrons. The third kappa shape index (κ3) is 2.43. The molecule has 1 aliphatic rings. The first-order valence-corrected chi connectivity index (χ1v) is 8.69. The van der Waals surface area contributed by atoms with Gasteiger partial charge in [0.25, 0.3) is 0 Å². The number of benzene rings is 1. The molecule has 0 amide bonds. The summed E-state index contributed by atoms with van der Waals surface area (Å²) in [6.07, 6.45) is 6.34. The standard InChI is InChI=1S/C19H20ClN3/c1-3-16-18(13-5-4-6-15(20)10-13)19-21-11-14-9-12(2)7-8-17(14)23(19)22-16/h4-6,10-12H,3,7-9H2,1-2H3. The highest BCUT2D eigenvalue weighted by atomic mass is 35.5. The highest BCUT2D eigenvalue weighted by molar-refractivity contribution is 6.30. The summed E-state index contributed by atoms with van der Waals surface area (Å²) in [6, 6.07) is 7.98. The Morgan fingerprint density at radius 3 is 3.00 bits per heavy atom. The van der Waals surface area contributed by atoms with Crippen molar-refractivity contribution in [2.45, 2.75) is 39.5 Å². The van der Waals surface area contributed by atoms with Gasteiger partial charge in [0.2, 0.25) is 0 Å². The van der Waals surface area contributed by atoms with Crippen molar-refractivity contribution >= 4 is 17.2 Å². The summed E-state index contributed by atoms with van der Waals surface area (Å²) in [6.45, 7) is 4.45. The third-order valence-electron chi connectivity index (χ3n) is 4.79. The molecule has 1 aliphatic carbocycles. The van der Waals surface area contributed by atoms with E-state index in [1.54, 1.807) is 0 Å². The summed E-state index contributed by atoms with van der Waals surface area (Å²) in [5, 5.41) is 5.63. The van der Waals surface area contributed by atoms with E-state index >= 15 is 0 Å². The highest BCUT2D eigenvalue weighted by Gasteiger charge is 2.22. The van der Waals surface area contributed by atoms with E-state index in [4.69, 9.17) is 21.7 Å². The zero-order valence-corrected chi connectivity index (χ0v) is 14.3. The van der Waals surface area contributed by atoms with Gasteiger partial charge in [-0.25, -0.2) is 9.50 Å². The van der Waals surface area contributed by atoms with Crippen LogP contribution in [0.15, 0.2) is 30.5 Å². The summed E-state index contributed by atoms with van der Waals surface area (Å²) in [5.74, 6) is 0.732. The lowest BCUT2D eigenvalue weighted by Gasteiger charge is -2.21. The molecule has 0 radical (unpaired) electrons. The predicted octanol–water partition coefficient (Wildman–Crippen LogP) is 4.74. The number of aryl methyl sites for hydroxylation is 2. The molecule has 1 aromatic carbocycles. The second kappa shape index (κ2) is 5.64. The van der Waals surface area contributed by atoms with Crippen LogP contribution in [0.2, 0.25) is 5.02 Å². The van der Waals surface area contributed by atoms with E-state index < -0.39 is 0 Å². The van der Waals surface area contributed by atoms with Crippen molar-refractivity contribution < 1.29 is 0 Å². The zero-order valence-electron chi connectivity index (χ0n) is 13.5. The first-order valence-electron chi connectivity index (χ1n) is 8.31. The van der Waals surface area contributed by atoms with Crippen LogP contribution in [0.25, 0.3) is 16.8 Å². The first-order chi connectivity index (χ1) is 11.2. The monoisotopic (exact) mass is 325 g/mol. The highest BCUT2D eigenvalue weighted by Crippen LogP contribution is 2.32. The smallest absolute Gasteiger partial charge is 0.163 e. The molecule has 0 bridgehead atoms. The van der Waals surface area contributed by atoms with Gasteiger partial charge in [-0.1, -0.05) is 37.6 Å². The maximum Gasteiger partial charge on any atom is 0.163 e. The van der Waals surface area contributed by atoms with Crippen LogP contribution in [-0.4, -0.2) is 14.6 Å². The predicted molar refractivity (Wildman–Crippen MR) is 94.0 cm³/mol. The fourth-order valence-electron chi connectivity index (χ4n) is 3.59. The zero-order chi connectivity index (χ0) is 16.0. The van der Waals surface area contributed by atoms with E-state index in [0.717, 1.165) is 52.7 Å². The van der Waals surface area contributed by atoms with Crippen molar-refractivity contribution in [2.24, 2.45) is 5.92 Å². The average Bonchev–Trinajstić information content (AvgIpc) is 2.93. The van der Waals surface area contributed by atoms with Crippen LogP contribution in [0.3, 0.4) is 0 Å². The van der Waals surface area contributed by atoms with Gasteiger partial charge in [-0.2, -0.15) is 5.10 Å². The minimum Gasteiger partial charge on any atom is -0.236 e. The van der Waals surface area contributed by atoms with E-state index in [2.05, 4.69) is 30.6 Å². The van der Waals surface area contributed by atoms with E-state index in [1.807, 2.05) is 18.2 Å². The maximum atomic E-state index is 6.19. The molecule has 1 unspecified atom stereocenters. The number of nitrogens with zero attached hydrogens (tertiary/aromatic N) is 3. The average molecular weight is 326 g/mol. The Kier molecular flexibility index (Phi) is 3.61. The molecule has 23 heavy (non-hydrogen) atoms. The fraction of sp³-hybridized carbons (Fsp3) is 0.368. The second-order valence-electron chi connectivity index (χ2n) is 6.50. The van der Waals surface area contributed by atoms with Gasteiger partial charge in [-0.05, 0) is 54.9 Å². The van der Waals surface area contributed by atoms with E-state index in [0.29, 0.717) is 0 Å². The molecule has 4 heteroatoms. The molecule has 0 fully saturated rings. The Hall–Kier alpha value is -1.87. The van der Waals surface area contributed by atoms with Crippen molar-refractivity contribution in [1.82, 2.24) is 14.6 Å². The lowest BCUT2D eigenvalue weighted by Crippen LogP contribution is -2.16. The number of hydrogen-bond acceptors (Lipinski definition) is 2. The van der Waals surface area contributed by atoms with Crippen LogP contribution < -0.4 is 0 Å². The van der Waals surface area contributed by atoms with Gasteiger partial charge >= 0.3 is 0 Å². The van der Waals surface area contributed by atoms with Crippen LogP contribution >= 0.6 is 11.6 Å². The second-order valence-corrected chi connectivity index (χ2v) is 6.94. The Morgan fingerprint density at radius 2 is 2.22 bits per heavy atom. The van der Waals surface area contributed by atoms with E-state index in [9.17, 15) is 0 Å². The number of halogens is 1. The molecule has 4 rings (SSSR count). The van der Waals surface area contributed by atoms with Crippen LogP contribution in [0.5, 0.6) is 0 Å². The number of hydrogen-bond donors (Lipinski definition) is 0. The lowest BCUT2D eigenvalue weighted by molar-refractivity contribution is 0.485. The molecule has 0 spiro atoms. The van der Waals surface area contributed by atoms with Crippen molar-refractivity contribution in [3.05, 3.63) is 52.4 Å². The number of rotatable bonds is 2. The molecule has 0 saturated heterocycles. The fourth-order valence-corrected chi connectivity index (χ4v) is 3.79. The normalized spacial score (nSPS) is 17.4. The number of fused-ring (bicyclic) bond motifs is 3. The topological polar surface area (TPSA) is 30.2 Å². The van der Waals surface area contributed by atoms with Crippen molar-refractivity contribution in [3.8, 4) is 11.1 Å². The minimum absolute atomic E-state index is 0.732. The molecule has 1 atom stereocenters. The van der Waals surface area contributed by atoms with Crippen molar-refractivity contribution in [2.75, 3.05) is 0 Å². The Labute approximate surface area is 141 Å².